The Morgan fingerprint density at radius 3 is 2.78 bits per heavy atom. The third kappa shape index (κ3) is 5.04. The molecule has 120 valence electrons. The number of thiophene rings is 1. The number of hydrogen-bond acceptors (Lipinski definition) is 6. The molecule has 0 unspecified atom stereocenters. The second-order valence-corrected chi connectivity index (χ2v) is 7.19. The lowest BCUT2D eigenvalue weighted by Gasteiger charge is -2.04. The topological polar surface area (TPSA) is 84.0 Å². The number of carbonyl (C=O) groups is 2. The van der Waals surface area contributed by atoms with E-state index >= 15 is 0 Å². The van der Waals surface area contributed by atoms with Gasteiger partial charge in [-0.15, -0.1) is 21.5 Å². The largest absolute Gasteiger partial charge is 0.350 e. The average molecular weight is 348 g/mol. The van der Waals surface area contributed by atoms with E-state index in [-0.39, 0.29) is 23.5 Å². The lowest BCUT2D eigenvalue weighted by Crippen LogP contribution is -2.24. The van der Waals surface area contributed by atoms with Crippen LogP contribution in [0.5, 0.6) is 0 Å². The first-order valence-corrected chi connectivity index (χ1v) is 9.14. The maximum absolute atomic E-state index is 11.8. The van der Waals surface area contributed by atoms with Crippen molar-refractivity contribution in [3.63, 3.8) is 0 Å². The number of hydrogen-bond donors (Lipinski definition) is 2. The smallest absolute Gasteiger partial charge is 0.230 e. The molecule has 0 aromatic carbocycles. The van der Waals surface area contributed by atoms with Crippen LogP contribution in [0.3, 0.4) is 0 Å². The molecule has 0 aliphatic heterocycles. The number of anilines is 1. The number of nitrogens with zero attached hydrogens (tertiary/aromatic N) is 2. The van der Waals surface area contributed by atoms with Crippen LogP contribution >= 0.6 is 23.1 Å². The molecule has 2 aromatic rings. The fourth-order valence-corrected chi connectivity index (χ4v) is 3.12. The first-order chi connectivity index (χ1) is 11.2. The fraction of sp³-hybridized carbons (Fsp3) is 0.333. The van der Waals surface area contributed by atoms with E-state index in [1.54, 1.807) is 23.5 Å². The number of nitrogens with one attached hydrogen (secondary N) is 2. The van der Waals surface area contributed by atoms with Gasteiger partial charge >= 0.3 is 0 Å². The summed E-state index contributed by atoms with van der Waals surface area (Å²) in [5, 5.41) is 16.2. The number of aromatic nitrogens is 2. The minimum absolute atomic E-state index is 0.00709. The Kier molecular flexibility index (Phi) is 5.24. The van der Waals surface area contributed by atoms with Crippen LogP contribution in [0.25, 0.3) is 0 Å². The van der Waals surface area contributed by atoms with Gasteiger partial charge in [0.05, 0.1) is 12.3 Å². The molecular weight excluding hydrogens is 332 g/mol. The molecule has 3 rings (SSSR count). The van der Waals surface area contributed by atoms with Gasteiger partial charge in [0.2, 0.25) is 11.8 Å². The molecule has 0 bridgehead atoms. The molecular formula is C15H16N4O2S2. The first-order valence-electron chi connectivity index (χ1n) is 7.27. The van der Waals surface area contributed by atoms with Gasteiger partial charge in [0.25, 0.3) is 0 Å². The fourth-order valence-electron chi connectivity index (χ4n) is 1.83. The molecule has 0 atom stereocenters. The van der Waals surface area contributed by atoms with Gasteiger partial charge in [0.1, 0.15) is 5.03 Å². The van der Waals surface area contributed by atoms with E-state index in [2.05, 4.69) is 20.8 Å². The van der Waals surface area contributed by atoms with Crippen LogP contribution in [0.15, 0.2) is 34.7 Å². The molecule has 0 saturated heterocycles. The first kappa shape index (κ1) is 15.9. The summed E-state index contributed by atoms with van der Waals surface area (Å²) in [4.78, 5) is 24.5. The Bertz CT molecular complexity index is 669. The zero-order valence-corrected chi connectivity index (χ0v) is 14.0. The van der Waals surface area contributed by atoms with E-state index < -0.39 is 0 Å². The normalized spacial score (nSPS) is 13.6. The quantitative estimate of drug-likeness (QED) is 0.750. The second-order valence-electron chi connectivity index (χ2n) is 5.17. The van der Waals surface area contributed by atoms with Crippen molar-refractivity contribution < 1.29 is 9.59 Å². The SMILES string of the molecule is O=C(CSc1ccc(NC(=O)C2CC2)nn1)NCc1cccs1. The maximum Gasteiger partial charge on any atom is 0.230 e. The highest BCUT2D eigenvalue weighted by molar-refractivity contribution is 7.99. The minimum Gasteiger partial charge on any atom is -0.350 e. The molecule has 2 heterocycles. The van der Waals surface area contributed by atoms with Gasteiger partial charge in [0.15, 0.2) is 5.82 Å². The minimum atomic E-state index is -0.0451. The Labute approximate surface area is 142 Å². The van der Waals surface area contributed by atoms with Crippen LogP contribution < -0.4 is 10.6 Å². The molecule has 0 radical (unpaired) electrons. The Balaban J connectivity index is 1.40. The summed E-state index contributed by atoms with van der Waals surface area (Å²) in [6, 6.07) is 7.41. The summed E-state index contributed by atoms with van der Waals surface area (Å²) in [7, 11) is 0. The second kappa shape index (κ2) is 7.56. The third-order valence-corrected chi connectivity index (χ3v) is 5.03. The van der Waals surface area contributed by atoms with Gasteiger partial charge < -0.3 is 10.6 Å². The van der Waals surface area contributed by atoms with Gasteiger partial charge in [-0.25, -0.2) is 0 Å². The van der Waals surface area contributed by atoms with Crippen LogP contribution in [0.1, 0.15) is 17.7 Å². The van der Waals surface area contributed by atoms with Crippen LogP contribution in [0.2, 0.25) is 0 Å². The molecule has 2 amide bonds. The highest BCUT2D eigenvalue weighted by Crippen LogP contribution is 2.29. The number of thioether (sulfide) groups is 1. The molecule has 2 aromatic heterocycles. The lowest BCUT2D eigenvalue weighted by molar-refractivity contribution is -0.119. The van der Waals surface area contributed by atoms with E-state index in [0.29, 0.717) is 17.4 Å². The molecule has 8 heteroatoms. The lowest BCUT2D eigenvalue weighted by atomic mass is 10.4. The number of carbonyl (C=O) groups excluding carboxylic acids is 2. The zero-order chi connectivity index (χ0) is 16.1. The van der Waals surface area contributed by atoms with Crippen LogP contribution in [0.4, 0.5) is 5.82 Å². The van der Waals surface area contributed by atoms with Crippen molar-refractivity contribution in [2.75, 3.05) is 11.1 Å². The maximum atomic E-state index is 11.8. The third-order valence-electron chi connectivity index (χ3n) is 3.23. The van der Waals surface area contributed by atoms with Crippen molar-refractivity contribution in [1.29, 1.82) is 0 Å². The summed E-state index contributed by atoms with van der Waals surface area (Å²) >= 11 is 2.93. The van der Waals surface area contributed by atoms with Crippen molar-refractivity contribution in [2.45, 2.75) is 24.4 Å². The van der Waals surface area contributed by atoms with E-state index in [1.807, 2.05) is 17.5 Å². The molecule has 0 spiro atoms. The molecule has 1 aliphatic rings. The zero-order valence-electron chi connectivity index (χ0n) is 12.3. The van der Waals surface area contributed by atoms with Gasteiger partial charge in [-0.05, 0) is 36.4 Å². The standard InChI is InChI=1S/C15H16N4O2S2/c20-13(16-8-11-2-1-7-22-11)9-23-14-6-5-12(18-19-14)17-15(21)10-3-4-10/h1-2,5-7,10H,3-4,8-9H2,(H,16,20)(H,17,18,21). The van der Waals surface area contributed by atoms with Crippen molar-refractivity contribution in [2.24, 2.45) is 5.92 Å². The summed E-state index contributed by atoms with van der Waals surface area (Å²) in [5.74, 6) is 0.837. The molecule has 1 saturated carbocycles. The van der Waals surface area contributed by atoms with Gasteiger partial charge in [-0.2, -0.15) is 0 Å². The van der Waals surface area contributed by atoms with Gasteiger partial charge in [0, 0.05) is 10.8 Å². The monoisotopic (exact) mass is 348 g/mol. The summed E-state index contributed by atoms with van der Waals surface area (Å²) in [5.41, 5.74) is 0. The number of rotatable bonds is 7. The van der Waals surface area contributed by atoms with Gasteiger partial charge in [-0.3, -0.25) is 9.59 Å². The molecule has 2 N–H and O–H groups in total. The Morgan fingerprint density at radius 2 is 2.13 bits per heavy atom. The van der Waals surface area contributed by atoms with Gasteiger partial charge in [-0.1, -0.05) is 17.8 Å². The summed E-state index contributed by atoms with van der Waals surface area (Å²) < 4.78 is 0. The van der Waals surface area contributed by atoms with Crippen molar-refractivity contribution in [3.8, 4) is 0 Å². The summed E-state index contributed by atoms with van der Waals surface area (Å²) in [6.45, 7) is 0.550. The predicted octanol–water partition coefficient (Wildman–Crippen LogP) is 2.30. The molecule has 23 heavy (non-hydrogen) atoms. The van der Waals surface area contributed by atoms with E-state index in [9.17, 15) is 9.59 Å². The Hall–Kier alpha value is -1.93. The number of amides is 2. The average Bonchev–Trinajstić information content (AvgIpc) is 3.29. The van der Waals surface area contributed by atoms with Crippen molar-refractivity contribution in [3.05, 3.63) is 34.5 Å². The Morgan fingerprint density at radius 1 is 1.26 bits per heavy atom. The van der Waals surface area contributed by atoms with Crippen molar-refractivity contribution >= 4 is 40.7 Å². The highest BCUT2D eigenvalue weighted by atomic mass is 32.2. The summed E-state index contributed by atoms with van der Waals surface area (Å²) in [6.07, 6.45) is 1.90. The van der Waals surface area contributed by atoms with Crippen molar-refractivity contribution in [1.82, 2.24) is 15.5 Å². The predicted molar refractivity (Wildman–Crippen MR) is 90.3 cm³/mol. The molecule has 1 fully saturated rings. The van der Waals surface area contributed by atoms with Crippen LogP contribution in [-0.4, -0.2) is 27.8 Å². The molecule has 6 nitrogen and oxygen atoms in total. The molecule has 1 aliphatic carbocycles. The van der Waals surface area contributed by atoms with E-state index in [0.717, 1.165) is 17.7 Å². The van der Waals surface area contributed by atoms with E-state index in [4.69, 9.17) is 0 Å². The van der Waals surface area contributed by atoms with E-state index in [1.165, 1.54) is 11.8 Å². The van der Waals surface area contributed by atoms with Crippen LogP contribution in [0, 0.1) is 5.92 Å². The van der Waals surface area contributed by atoms with Crippen LogP contribution in [-0.2, 0) is 16.1 Å². The highest BCUT2D eigenvalue weighted by Gasteiger charge is 2.29.